The van der Waals surface area contributed by atoms with Crippen LogP contribution in [-0.4, -0.2) is 29.7 Å². The minimum Gasteiger partial charge on any atom is -0.313 e. The lowest BCUT2D eigenvalue weighted by Crippen LogP contribution is -2.33. The number of carbonyl (C=O) groups is 1. The average molecular weight is 308 g/mol. The van der Waals surface area contributed by atoms with Crippen LogP contribution in [0, 0.1) is 0 Å². The highest BCUT2D eigenvalue weighted by atomic mass is 16.7. The fourth-order valence-corrected chi connectivity index (χ4v) is 2.64. The van der Waals surface area contributed by atoms with Crippen molar-refractivity contribution in [3.05, 3.63) is 71.8 Å². The highest BCUT2D eigenvalue weighted by molar-refractivity contribution is 5.91. The Morgan fingerprint density at radius 3 is 2.22 bits per heavy atom. The van der Waals surface area contributed by atoms with E-state index in [1.54, 1.807) is 12.1 Å². The zero-order valence-electron chi connectivity index (χ0n) is 13.0. The molecule has 0 radical (unpaired) electrons. The number of hydrogen-bond donors (Lipinski definition) is 0. The first kappa shape index (κ1) is 15.4. The molecule has 2 aromatic rings. The Hall–Kier alpha value is -2.46. The topological polar surface area (TPSA) is 41.9 Å². The molecule has 1 heterocycles. The minimum atomic E-state index is -0.398. The molecule has 0 atom stereocenters. The number of rotatable bonds is 4. The van der Waals surface area contributed by atoms with Crippen LogP contribution in [0.1, 0.15) is 28.8 Å². The number of carbonyl (C=O) groups excluding carboxylic acids is 1. The highest BCUT2D eigenvalue weighted by Gasteiger charge is 2.16. The van der Waals surface area contributed by atoms with Crippen LogP contribution in [0.3, 0.4) is 0 Å². The third-order valence-corrected chi connectivity index (χ3v) is 3.95. The Balaban J connectivity index is 1.48. The number of hydrogen-bond acceptors (Lipinski definition) is 4. The maximum atomic E-state index is 11.9. The second kappa shape index (κ2) is 7.70. The normalized spacial score (nSPS) is 15.2. The Labute approximate surface area is 136 Å². The second-order valence-corrected chi connectivity index (χ2v) is 5.66. The maximum absolute atomic E-state index is 11.9. The first-order chi connectivity index (χ1) is 11.3. The molecule has 118 valence electrons. The first-order valence-electron chi connectivity index (χ1n) is 7.90. The smallest absolute Gasteiger partial charge is 0.313 e. The van der Waals surface area contributed by atoms with Crippen molar-refractivity contribution in [3.8, 4) is 0 Å². The van der Waals surface area contributed by atoms with E-state index >= 15 is 0 Å². The molecule has 0 N–H and O–H groups in total. The molecule has 1 aliphatic heterocycles. The molecular formula is C19H20N2O2. The molecule has 1 aliphatic rings. The molecule has 1 saturated heterocycles. The molecule has 4 nitrogen and oxygen atoms in total. The van der Waals surface area contributed by atoms with Gasteiger partial charge in [0.2, 0.25) is 0 Å². The summed E-state index contributed by atoms with van der Waals surface area (Å²) in [4.78, 5) is 19.3. The standard InChI is InChI=1S/C19H20N2O2/c22-19(17-9-5-2-6-10-17)23-20-18-11-13-21(14-12-18)15-16-7-3-1-4-8-16/h1-10H,11-15H2. The number of piperidine rings is 1. The van der Waals surface area contributed by atoms with Gasteiger partial charge in [-0.1, -0.05) is 53.7 Å². The summed E-state index contributed by atoms with van der Waals surface area (Å²) >= 11 is 0. The van der Waals surface area contributed by atoms with E-state index in [0.717, 1.165) is 38.2 Å². The van der Waals surface area contributed by atoms with E-state index in [0.29, 0.717) is 5.56 Å². The summed E-state index contributed by atoms with van der Waals surface area (Å²) in [6.45, 7) is 2.84. The van der Waals surface area contributed by atoms with Gasteiger partial charge in [0.25, 0.3) is 0 Å². The summed E-state index contributed by atoms with van der Waals surface area (Å²) in [6, 6.07) is 19.4. The fraction of sp³-hybridized carbons (Fsp3) is 0.263. The van der Waals surface area contributed by atoms with Gasteiger partial charge in [-0.15, -0.1) is 0 Å². The summed E-state index contributed by atoms with van der Waals surface area (Å²) in [5.74, 6) is -0.398. The zero-order valence-corrected chi connectivity index (χ0v) is 13.0. The number of likely N-dealkylation sites (tertiary alicyclic amines) is 1. The predicted molar refractivity (Wildman–Crippen MR) is 90.2 cm³/mol. The van der Waals surface area contributed by atoms with Gasteiger partial charge in [-0.25, -0.2) is 4.79 Å². The van der Waals surface area contributed by atoms with Gasteiger partial charge in [0.05, 0.1) is 11.3 Å². The van der Waals surface area contributed by atoms with Crippen LogP contribution in [0.5, 0.6) is 0 Å². The van der Waals surface area contributed by atoms with Crippen molar-refractivity contribution < 1.29 is 9.63 Å². The Bertz CT molecular complexity index is 658. The van der Waals surface area contributed by atoms with Crippen LogP contribution in [0.15, 0.2) is 65.8 Å². The molecule has 1 fully saturated rings. The van der Waals surface area contributed by atoms with E-state index in [-0.39, 0.29) is 0 Å². The molecule has 0 unspecified atom stereocenters. The van der Waals surface area contributed by atoms with Crippen LogP contribution >= 0.6 is 0 Å². The van der Waals surface area contributed by atoms with Crippen molar-refractivity contribution >= 4 is 11.7 Å². The first-order valence-corrected chi connectivity index (χ1v) is 7.90. The second-order valence-electron chi connectivity index (χ2n) is 5.66. The average Bonchev–Trinajstić information content (AvgIpc) is 2.62. The molecule has 0 spiro atoms. The molecule has 0 amide bonds. The summed E-state index contributed by atoms with van der Waals surface area (Å²) in [6.07, 6.45) is 1.68. The Kier molecular flexibility index (Phi) is 5.17. The lowest BCUT2D eigenvalue weighted by Gasteiger charge is -2.27. The van der Waals surface area contributed by atoms with Crippen LogP contribution < -0.4 is 0 Å². The third-order valence-electron chi connectivity index (χ3n) is 3.95. The summed E-state index contributed by atoms with van der Waals surface area (Å²) in [5.41, 5.74) is 2.81. The lowest BCUT2D eigenvalue weighted by atomic mass is 10.1. The van der Waals surface area contributed by atoms with E-state index in [1.165, 1.54) is 5.56 Å². The largest absolute Gasteiger partial charge is 0.365 e. The highest BCUT2D eigenvalue weighted by Crippen LogP contribution is 2.12. The van der Waals surface area contributed by atoms with E-state index in [9.17, 15) is 4.79 Å². The molecular weight excluding hydrogens is 288 g/mol. The van der Waals surface area contributed by atoms with Gasteiger partial charge in [0, 0.05) is 32.5 Å². The van der Waals surface area contributed by atoms with Crippen LogP contribution in [0.4, 0.5) is 0 Å². The predicted octanol–water partition coefficient (Wildman–Crippen LogP) is 3.50. The van der Waals surface area contributed by atoms with Crippen molar-refractivity contribution in [2.24, 2.45) is 5.16 Å². The molecule has 0 saturated carbocycles. The summed E-state index contributed by atoms with van der Waals surface area (Å²) < 4.78 is 0. The summed E-state index contributed by atoms with van der Waals surface area (Å²) in [5, 5.41) is 4.04. The van der Waals surface area contributed by atoms with Crippen LogP contribution in [0.25, 0.3) is 0 Å². The van der Waals surface area contributed by atoms with Crippen molar-refractivity contribution in [1.29, 1.82) is 0 Å². The van der Waals surface area contributed by atoms with Gasteiger partial charge >= 0.3 is 5.97 Å². The number of nitrogens with zero attached hydrogens (tertiary/aromatic N) is 2. The molecule has 0 aliphatic carbocycles. The van der Waals surface area contributed by atoms with E-state index in [2.05, 4.69) is 34.3 Å². The van der Waals surface area contributed by atoms with E-state index < -0.39 is 5.97 Å². The summed E-state index contributed by atoms with van der Waals surface area (Å²) in [7, 11) is 0. The third kappa shape index (κ3) is 4.50. The van der Waals surface area contributed by atoms with Crippen molar-refractivity contribution in [3.63, 3.8) is 0 Å². The van der Waals surface area contributed by atoms with Crippen LogP contribution in [-0.2, 0) is 11.4 Å². The fourth-order valence-electron chi connectivity index (χ4n) is 2.64. The Morgan fingerprint density at radius 1 is 0.957 bits per heavy atom. The molecule has 2 aromatic carbocycles. The van der Waals surface area contributed by atoms with Gasteiger partial charge in [-0.3, -0.25) is 4.90 Å². The van der Waals surface area contributed by atoms with Gasteiger partial charge in [0.15, 0.2) is 0 Å². The number of oxime groups is 1. The number of benzene rings is 2. The van der Waals surface area contributed by atoms with Gasteiger partial charge in [-0.05, 0) is 17.7 Å². The van der Waals surface area contributed by atoms with Crippen molar-refractivity contribution in [2.75, 3.05) is 13.1 Å². The molecule has 23 heavy (non-hydrogen) atoms. The molecule has 0 aromatic heterocycles. The SMILES string of the molecule is O=C(ON=C1CCN(Cc2ccccc2)CC1)c1ccccc1. The monoisotopic (exact) mass is 308 g/mol. The van der Waals surface area contributed by atoms with E-state index in [1.807, 2.05) is 24.3 Å². The quantitative estimate of drug-likeness (QED) is 0.641. The molecule has 4 heteroatoms. The van der Waals surface area contributed by atoms with E-state index in [4.69, 9.17) is 4.84 Å². The maximum Gasteiger partial charge on any atom is 0.365 e. The van der Waals surface area contributed by atoms with Gasteiger partial charge < -0.3 is 4.84 Å². The molecule has 3 rings (SSSR count). The molecule has 0 bridgehead atoms. The van der Waals surface area contributed by atoms with Gasteiger partial charge in [0.1, 0.15) is 0 Å². The Morgan fingerprint density at radius 2 is 1.57 bits per heavy atom. The minimum absolute atomic E-state index is 0.398. The van der Waals surface area contributed by atoms with Crippen molar-refractivity contribution in [1.82, 2.24) is 4.90 Å². The van der Waals surface area contributed by atoms with Gasteiger partial charge in [-0.2, -0.15) is 0 Å². The lowest BCUT2D eigenvalue weighted by molar-refractivity contribution is 0.0512. The van der Waals surface area contributed by atoms with Crippen LogP contribution in [0.2, 0.25) is 0 Å². The van der Waals surface area contributed by atoms with Crippen molar-refractivity contribution in [2.45, 2.75) is 19.4 Å². The zero-order chi connectivity index (χ0) is 15.9.